The third-order valence-corrected chi connectivity index (χ3v) is 2.99. The Kier molecular flexibility index (Phi) is 4.36. The fourth-order valence-corrected chi connectivity index (χ4v) is 2.09. The van der Waals surface area contributed by atoms with E-state index in [4.69, 9.17) is 0 Å². The third-order valence-electron chi connectivity index (χ3n) is 2.99. The van der Waals surface area contributed by atoms with E-state index in [0.717, 1.165) is 0 Å². The van der Waals surface area contributed by atoms with Gasteiger partial charge in [-0.3, -0.25) is 0 Å². The standard InChI is InChI=1S/C12H19.Li/c1-4-5-6-11-7-8-12(9-11)10(2)3;/h8,10H,4-7H2,1-3H3;. The molecule has 0 aromatic rings. The van der Waals surface area contributed by atoms with Crippen molar-refractivity contribution in [1.82, 2.24) is 0 Å². The molecule has 1 rings (SSSR count). The molecule has 0 unspecified atom stereocenters. The average molecular weight is 170 g/mol. The molecule has 0 amide bonds. The molecule has 13 heavy (non-hydrogen) atoms. The number of unbranched alkanes of at least 4 members (excludes halogenated alkanes) is 1. The van der Waals surface area contributed by atoms with Gasteiger partial charge in [0.05, 0.1) is 0 Å². The normalized spacial score (nSPS) is 17.2. The van der Waals surface area contributed by atoms with Crippen LogP contribution in [0, 0.1) is 5.92 Å². The zero-order chi connectivity index (χ0) is 9.84. The molecule has 0 N–H and O–H groups in total. The van der Waals surface area contributed by atoms with E-state index in [9.17, 15) is 0 Å². The second kappa shape index (κ2) is 5.08. The van der Waals surface area contributed by atoms with E-state index in [-0.39, 0.29) is 0 Å². The summed E-state index contributed by atoms with van der Waals surface area (Å²) in [5, 5.41) is 0. The van der Waals surface area contributed by atoms with Gasteiger partial charge in [-0.2, -0.15) is 0 Å². The van der Waals surface area contributed by atoms with E-state index in [0.29, 0.717) is 5.92 Å². The van der Waals surface area contributed by atoms with Crippen LogP contribution in [0.3, 0.4) is 0 Å². The van der Waals surface area contributed by atoms with Crippen LogP contribution in [0.5, 0.6) is 0 Å². The van der Waals surface area contributed by atoms with Crippen LogP contribution >= 0.6 is 0 Å². The van der Waals surface area contributed by atoms with Gasteiger partial charge in [-0.05, 0) is 0 Å². The third kappa shape index (κ3) is 2.76. The molecule has 0 radical (unpaired) electrons. The van der Waals surface area contributed by atoms with E-state index in [2.05, 4.69) is 44.6 Å². The molecule has 0 atom stereocenters. The average Bonchev–Trinajstić information content (AvgIpc) is 2.43. The van der Waals surface area contributed by atoms with Gasteiger partial charge in [-0.15, -0.1) is 0 Å². The predicted molar refractivity (Wildman–Crippen MR) is 59.8 cm³/mol. The van der Waals surface area contributed by atoms with Crippen molar-refractivity contribution in [3.63, 3.8) is 0 Å². The van der Waals surface area contributed by atoms with E-state index >= 15 is 0 Å². The summed E-state index contributed by atoms with van der Waals surface area (Å²) in [6.45, 7) is 6.85. The van der Waals surface area contributed by atoms with E-state index in [1.165, 1.54) is 25.7 Å². The van der Waals surface area contributed by atoms with Crippen molar-refractivity contribution < 1.29 is 0 Å². The molecule has 0 saturated heterocycles. The van der Waals surface area contributed by atoms with Gasteiger partial charge in [0.2, 0.25) is 0 Å². The second-order valence-electron chi connectivity index (χ2n) is 4.35. The van der Waals surface area contributed by atoms with Crippen molar-refractivity contribution >= 4 is 17.7 Å². The number of hydrogen-bond acceptors (Lipinski definition) is 0. The first-order valence-corrected chi connectivity index (χ1v) is 5.55. The topological polar surface area (TPSA) is 0 Å². The molecule has 0 saturated carbocycles. The summed E-state index contributed by atoms with van der Waals surface area (Å²) in [5.74, 6) is 0.708. The van der Waals surface area contributed by atoms with Crippen LogP contribution in [0.4, 0.5) is 0 Å². The van der Waals surface area contributed by atoms with E-state index in [1.807, 2.05) is 0 Å². The molecule has 0 nitrogen and oxygen atoms in total. The Hall–Kier alpha value is 0.0774. The summed E-state index contributed by atoms with van der Waals surface area (Å²) in [6.07, 6.45) is 7.62. The van der Waals surface area contributed by atoms with Crippen molar-refractivity contribution in [2.75, 3.05) is 0 Å². The van der Waals surface area contributed by atoms with Gasteiger partial charge in [-0.25, -0.2) is 0 Å². The fourth-order valence-electron chi connectivity index (χ4n) is 2.09. The first-order chi connectivity index (χ1) is 6.16. The van der Waals surface area contributed by atoms with Crippen LogP contribution in [0.2, 0.25) is 0 Å². The van der Waals surface area contributed by atoms with Crippen LogP contribution in [-0.4, -0.2) is 17.7 Å². The molecule has 1 heteroatoms. The van der Waals surface area contributed by atoms with Crippen molar-refractivity contribution in [1.29, 1.82) is 0 Å². The summed E-state index contributed by atoms with van der Waals surface area (Å²) in [7, 11) is 0. The van der Waals surface area contributed by atoms with Gasteiger partial charge >= 0.3 is 91.6 Å². The molecule has 0 spiro atoms. The molecule has 0 aromatic carbocycles. The molecular formula is C12H19Li. The van der Waals surface area contributed by atoms with Crippen LogP contribution in [-0.2, 0) is 0 Å². The van der Waals surface area contributed by atoms with E-state index in [1.54, 1.807) is 15.4 Å². The van der Waals surface area contributed by atoms with E-state index < -0.39 is 0 Å². The predicted octanol–water partition coefficient (Wildman–Crippen LogP) is 3.59. The molecule has 68 valence electrons. The molecule has 0 aromatic heterocycles. The zero-order valence-electron chi connectivity index (χ0n) is 9.48. The Morgan fingerprint density at radius 1 is 1.46 bits per heavy atom. The van der Waals surface area contributed by atoms with Crippen molar-refractivity contribution in [3.8, 4) is 0 Å². The molecular weight excluding hydrogens is 151 g/mol. The van der Waals surface area contributed by atoms with Gasteiger partial charge in [0.1, 0.15) is 0 Å². The zero-order valence-corrected chi connectivity index (χ0v) is 9.48. The van der Waals surface area contributed by atoms with Gasteiger partial charge in [0, 0.05) is 0 Å². The maximum atomic E-state index is 2.42. The van der Waals surface area contributed by atoms with Crippen LogP contribution in [0.1, 0.15) is 46.5 Å². The van der Waals surface area contributed by atoms with Gasteiger partial charge < -0.3 is 0 Å². The maximum absolute atomic E-state index is 2.42. The molecule has 1 aliphatic rings. The fraction of sp³-hybridized carbons (Fsp3) is 0.667. The SMILES string of the molecule is [Li][C]1=C(CCCC)CC=C1C(C)C. The van der Waals surface area contributed by atoms with Crippen LogP contribution in [0.15, 0.2) is 21.5 Å². The van der Waals surface area contributed by atoms with Crippen molar-refractivity contribution in [2.45, 2.75) is 46.5 Å². The minimum absolute atomic E-state index is 0.708. The summed E-state index contributed by atoms with van der Waals surface area (Å²) < 4.78 is 1.59. The molecule has 0 aliphatic heterocycles. The molecule has 0 heterocycles. The summed E-state index contributed by atoms with van der Waals surface area (Å²) >= 11 is 2.30. The molecule has 1 aliphatic carbocycles. The Morgan fingerprint density at radius 2 is 2.15 bits per heavy atom. The van der Waals surface area contributed by atoms with Crippen LogP contribution in [0.25, 0.3) is 0 Å². The summed E-state index contributed by atoms with van der Waals surface area (Å²) in [5.41, 5.74) is 3.27. The quantitative estimate of drug-likeness (QED) is 0.565. The van der Waals surface area contributed by atoms with Gasteiger partial charge in [0.25, 0.3) is 0 Å². The Labute approximate surface area is 91.7 Å². The Balaban J connectivity index is 2.60. The monoisotopic (exact) mass is 170 g/mol. The molecule has 0 fully saturated rings. The van der Waals surface area contributed by atoms with Crippen LogP contribution < -0.4 is 0 Å². The first-order valence-electron chi connectivity index (χ1n) is 5.55. The van der Waals surface area contributed by atoms with Gasteiger partial charge in [0.15, 0.2) is 0 Å². The first kappa shape index (κ1) is 11.2. The minimum atomic E-state index is 0.708. The Bertz CT molecular complexity index is 234. The number of hydrogen-bond donors (Lipinski definition) is 0. The van der Waals surface area contributed by atoms with Gasteiger partial charge in [-0.1, -0.05) is 0 Å². The Morgan fingerprint density at radius 3 is 2.62 bits per heavy atom. The summed E-state index contributed by atoms with van der Waals surface area (Å²) in [6, 6.07) is 0. The number of rotatable bonds is 4. The number of allylic oxidation sites excluding steroid dienone is 4. The second-order valence-corrected chi connectivity index (χ2v) is 4.35. The molecule has 0 bridgehead atoms. The van der Waals surface area contributed by atoms with Crippen molar-refractivity contribution in [2.24, 2.45) is 5.92 Å². The van der Waals surface area contributed by atoms with Crippen molar-refractivity contribution in [3.05, 3.63) is 21.5 Å². The summed E-state index contributed by atoms with van der Waals surface area (Å²) in [4.78, 5) is 0.